The first-order valence-corrected chi connectivity index (χ1v) is 4.19. The lowest BCUT2D eigenvalue weighted by atomic mass is 10.2. The van der Waals surface area contributed by atoms with E-state index in [-0.39, 0.29) is 19.4 Å². The quantitative estimate of drug-likeness (QED) is 0.557. The van der Waals surface area contributed by atoms with Crippen molar-refractivity contribution in [1.82, 2.24) is 5.48 Å². The molecular formula is C7H12F3NO3. The molecule has 1 aliphatic heterocycles. The van der Waals surface area contributed by atoms with E-state index in [0.717, 1.165) is 0 Å². The average molecular weight is 215 g/mol. The van der Waals surface area contributed by atoms with E-state index in [1.54, 1.807) is 0 Å². The molecule has 1 rings (SSSR count). The fraction of sp³-hybridized carbons (Fsp3) is 1.00. The zero-order valence-corrected chi connectivity index (χ0v) is 7.47. The third-order valence-corrected chi connectivity index (χ3v) is 1.62. The number of hydrogen-bond acceptors (Lipinski definition) is 4. The van der Waals surface area contributed by atoms with Crippen molar-refractivity contribution in [2.75, 3.05) is 26.6 Å². The smallest absolute Gasteiger partial charge is 0.355 e. The molecular weight excluding hydrogens is 203 g/mol. The fourth-order valence-corrected chi connectivity index (χ4v) is 0.947. The Morgan fingerprint density at radius 2 is 2.21 bits per heavy atom. The summed E-state index contributed by atoms with van der Waals surface area (Å²) in [6.45, 7) is -0.313. The summed E-state index contributed by atoms with van der Waals surface area (Å²) >= 11 is 0. The second-order valence-corrected chi connectivity index (χ2v) is 2.86. The Morgan fingerprint density at radius 1 is 1.43 bits per heavy atom. The summed E-state index contributed by atoms with van der Waals surface area (Å²) in [6, 6.07) is 0. The van der Waals surface area contributed by atoms with Gasteiger partial charge in [-0.2, -0.15) is 18.7 Å². The van der Waals surface area contributed by atoms with E-state index >= 15 is 0 Å². The lowest BCUT2D eigenvalue weighted by molar-refractivity contribution is -0.197. The fourth-order valence-electron chi connectivity index (χ4n) is 0.947. The minimum Gasteiger partial charge on any atom is -0.355 e. The molecule has 1 atom stereocenters. The topological polar surface area (TPSA) is 39.7 Å². The highest BCUT2D eigenvalue weighted by Crippen LogP contribution is 2.13. The molecule has 0 aliphatic carbocycles. The first-order chi connectivity index (χ1) is 6.58. The number of halogens is 3. The van der Waals surface area contributed by atoms with E-state index < -0.39 is 12.8 Å². The van der Waals surface area contributed by atoms with Crippen LogP contribution in [0.3, 0.4) is 0 Å². The summed E-state index contributed by atoms with van der Waals surface area (Å²) in [5.41, 5.74) is 2.21. The van der Waals surface area contributed by atoms with Crippen molar-refractivity contribution in [2.24, 2.45) is 0 Å². The molecule has 14 heavy (non-hydrogen) atoms. The zero-order chi connectivity index (χ0) is 10.4. The predicted molar refractivity (Wildman–Crippen MR) is 40.3 cm³/mol. The number of rotatable bonds is 4. The van der Waals surface area contributed by atoms with Gasteiger partial charge < -0.3 is 9.47 Å². The summed E-state index contributed by atoms with van der Waals surface area (Å²) in [5.74, 6) is 0. The second kappa shape index (κ2) is 5.50. The molecule has 1 unspecified atom stereocenters. The van der Waals surface area contributed by atoms with E-state index in [1.807, 2.05) is 0 Å². The Morgan fingerprint density at radius 3 is 2.79 bits per heavy atom. The van der Waals surface area contributed by atoms with Crippen LogP contribution in [0, 0.1) is 0 Å². The molecule has 0 saturated carbocycles. The van der Waals surface area contributed by atoms with Gasteiger partial charge in [0.2, 0.25) is 0 Å². The number of alkyl halides is 3. The summed E-state index contributed by atoms with van der Waals surface area (Å²) in [5, 5.41) is 0. The van der Waals surface area contributed by atoms with E-state index in [0.29, 0.717) is 13.0 Å². The molecule has 0 spiro atoms. The van der Waals surface area contributed by atoms with Gasteiger partial charge in [0.05, 0.1) is 12.7 Å². The molecule has 0 amide bonds. The molecule has 0 aromatic carbocycles. The van der Waals surface area contributed by atoms with Crippen LogP contribution >= 0.6 is 0 Å². The number of hydrogen-bond donors (Lipinski definition) is 1. The highest BCUT2D eigenvalue weighted by molar-refractivity contribution is 4.60. The van der Waals surface area contributed by atoms with Gasteiger partial charge in [-0.25, -0.2) is 0 Å². The van der Waals surface area contributed by atoms with Crippen LogP contribution in [0.4, 0.5) is 13.2 Å². The van der Waals surface area contributed by atoms with Crippen molar-refractivity contribution in [1.29, 1.82) is 0 Å². The van der Waals surface area contributed by atoms with Gasteiger partial charge in [0.25, 0.3) is 0 Å². The lowest BCUT2D eigenvalue weighted by Gasteiger charge is -2.22. The van der Waals surface area contributed by atoms with Gasteiger partial charge >= 0.3 is 6.18 Å². The van der Waals surface area contributed by atoms with E-state index in [2.05, 4.69) is 10.3 Å². The van der Waals surface area contributed by atoms with Crippen LogP contribution in [-0.4, -0.2) is 38.8 Å². The van der Waals surface area contributed by atoms with Crippen LogP contribution in [0.25, 0.3) is 0 Å². The third kappa shape index (κ3) is 5.38. The van der Waals surface area contributed by atoms with Crippen molar-refractivity contribution in [3.63, 3.8) is 0 Å². The standard InChI is InChI=1S/C7H12F3NO3/c8-7(9,10)4-14-11-3-6-1-2-12-5-13-6/h6,11H,1-5H2. The highest BCUT2D eigenvalue weighted by atomic mass is 19.4. The SMILES string of the molecule is FC(F)(F)CONCC1CCOCO1. The van der Waals surface area contributed by atoms with Crippen LogP contribution in [-0.2, 0) is 14.3 Å². The maximum absolute atomic E-state index is 11.6. The molecule has 1 fully saturated rings. The van der Waals surface area contributed by atoms with E-state index in [4.69, 9.17) is 9.47 Å². The van der Waals surface area contributed by atoms with E-state index in [1.165, 1.54) is 0 Å². The Kier molecular flexibility index (Phi) is 4.59. The van der Waals surface area contributed by atoms with Crippen LogP contribution in [0.15, 0.2) is 0 Å². The minimum atomic E-state index is -4.30. The highest BCUT2D eigenvalue weighted by Gasteiger charge is 2.27. The second-order valence-electron chi connectivity index (χ2n) is 2.86. The molecule has 1 aliphatic rings. The van der Waals surface area contributed by atoms with Gasteiger partial charge in [-0.1, -0.05) is 0 Å². The van der Waals surface area contributed by atoms with Crippen LogP contribution < -0.4 is 5.48 Å². The lowest BCUT2D eigenvalue weighted by Crippen LogP contribution is -2.35. The number of hydroxylamine groups is 1. The van der Waals surface area contributed by atoms with Gasteiger partial charge in [0.15, 0.2) is 6.61 Å². The Bertz CT molecular complexity index is 159. The molecule has 0 aromatic heterocycles. The van der Waals surface area contributed by atoms with Crippen molar-refractivity contribution in [3.05, 3.63) is 0 Å². The van der Waals surface area contributed by atoms with Crippen molar-refractivity contribution >= 4 is 0 Å². The first kappa shape index (κ1) is 11.7. The van der Waals surface area contributed by atoms with E-state index in [9.17, 15) is 13.2 Å². The molecule has 84 valence electrons. The molecule has 0 bridgehead atoms. The summed E-state index contributed by atoms with van der Waals surface area (Å²) < 4.78 is 44.8. The van der Waals surface area contributed by atoms with Crippen LogP contribution in [0.1, 0.15) is 6.42 Å². The molecule has 1 N–H and O–H groups in total. The molecule has 1 heterocycles. The summed E-state index contributed by atoms with van der Waals surface area (Å²) in [4.78, 5) is 4.20. The van der Waals surface area contributed by atoms with Gasteiger partial charge in [-0.15, -0.1) is 0 Å². The van der Waals surface area contributed by atoms with Gasteiger partial charge in [0.1, 0.15) is 6.79 Å². The molecule has 0 aromatic rings. The van der Waals surface area contributed by atoms with Crippen molar-refractivity contribution in [3.8, 4) is 0 Å². The zero-order valence-electron chi connectivity index (χ0n) is 7.47. The largest absolute Gasteiger partial charge is 0.413 e. The van der Waals surface area contributed by atoms with Crippen molar-refractivity contribution in [2.45, 2.75) is 18.7 Å². The number of ether oxygens (including phenoxy) is 2. The molecule has 7 heteroatoms. The average Bonchev–Trinajstić information content (AvgIpc) is 2.13. The Labute approximate surface area is 79.3 Å². The predicted octanol–water partition coefficient (Wildman–Crippen LogP) is 0.833. The monoisotopic (exact) mass is 215 g/mol. The van der Waals surface area contributed by atoms with Crippen LogP contribution in [0.2, 0.25) is 0 Å². The summed E-state index contributed by atoms with van der Waals surface area (Å²) in [7, 11) is 0. The first-order valence-electron chi connectivity index (χ1n) is 4.19. The van der Waals surface area contributed by atoms with Crippen molar-refractivity contribution < 1.29 is 27.5 Å². The van der Waals surface area contributed by atoms with Crippen LogP contribution in [0.5, 0.6) is 0 Å². The Balaban J connectivity index is 1.97. The van der Waals surface area contributed by atoms with Gasteiger partial charge in [0, 0.05) is 6.54 Å². The molecule has 4 nitrogen and oxygen atoms in total. The number of nitrogens with one attached hydrogen (secondary N) is 1. The maximum atomic E-state index is 11.6. The summed E-state index contributed by atoms with van der Waals surface area (Å²) in [6.07, 6.45) is -3.79. The minimum absolute atomic E-state index is 0.142. The normalized spacial score (nSPS) is 23.8. The molecule has 0 radical (unpaired) electrons. The Hall–Kier alpha value is -0.370. The molecule has 1 saturated heterocycles. The third-order valence-electron chi connectivity index (χ3n) is 1.62. The maximum Gasteiger partial charge on any atom is 0.413 e. The van der Waals surface area contributed by atoms with Gasteiger partial charge in [-0.3, -0.25) is 4.84 Å². The van der Waals surface area contributed by atoms with Gasteiger partial charge in [-0.05, 0) is 6.42 Å².